The summed E-state index contributed by atoms with van der Waals surface area (Å²) in [4.78, 5) is 14.4. The molecule has 3 fully saturated rings. The van der Waals surface area contributed by atoms with Crippen LogP contribution in [-0.2, 0) is 9.47 Å². The quantitative estimate of drug-likeness (QED) is 0.930. The van der Waals surface area contributed by atoms with Gasteiger partial charge in [-0.2, -0.15) is 0 Å². The molecule has 2 aliphatic heterocycles. The summed E-state index contributed by atoms with van der Waals surface area (Å²) in [6.07, 6.45) is 2.90. The van der Waals surface area contributed by atoms with Gasteiger partial charge in [-0.15, -0.1) is 0 Å². The Kier molecular flexibility index (Phi) is 3.73. The Morgan fingerprint density at radius 1 is 1.26 bits per heavy atom. The molecule has 23 heavy (non-hydrogen) atoms. The molecule has 2 heterocycles. The molecule has 2 saturated heterocycles. The summed E-state index contributed by atoms with van der Waals surface area (Å²) in [5, 5.41) is 3.12. The van der Waals surface area contributed by atoms with E-state index in [1.54, 1.807) is 17.0 Å². The number of halogens is 1. The van der Waals surface area contributed by atoms with E-state index in [-0.39, 0.29) is 17.9 Å². The molecule has 1 aromatic rings. The Hall–Kier alpha value is -1.66. The molecular formula is C17H21FN2O3. The van der Waals surface area contributed by atoms with Gasteiger partial charge in [0.1, 0.15) is 5.82 Å². The number of hydrogen-bond acceptors (Lipinski definition) is 3. The van der Waals surface area contributed by atoms with E-state index < -0.39 is 5.79 Å². The third kappa shape index (κ3) is 3.05. The number of nitrogens with zero attached hydrogens (tertiary/aromatic N) is 1. The third-order valence-electron chi connectivity index (χ3n) is 4.90. The Labute approximate surface area is 134 Å². The predicted molar refractivity (Wildman–Crippen MR) is 81.2 cm³/mol. The highest BCUT2D eigenvalue weighted by Gasteiger charge is 2.45. The minimum atomic E-state index is -0.595. The van der Waals surface area contributed by atoms with Crippen LogP contribution < -0.4 is 5.32 Å². The molecule has 1 atom stereocenters. The van der Waals surface area contributed by atoms with E-state index in [1.807, 2.05) is 0 Å². The monoisotopic (exact) mass is 320 g/mol. The van der Waals surface area contributed by atoms with Crippen molar-refractivity contribution in [1.29, 1.82) is 0 Å². The number of rotatable bonds is 3. The van der Waals surface area contributed by atoms with Crippen LogP contribution in [0, 0.1) is 11.7 Å². The van der Waals surface area contributed by atoms with Crippen LogP contribution in [0.1, 0.15) is 30.9 Å². The second-order valence-electron chi connectivity index (χ2n) is 6.60. The van der Waals surface area contributed by atoms with Gasteiger partial charge < -0.3 is 19.7 Å². The fourth-order valence-corrected chi connectivity index (χ4v) is 3.46. The van der Waals surface area contributed by atoms with Crippen molar-refractivity contribution in [2.24, 2.45) is 5.92 Å². The van der Waals surface area contributed by atoms with Crippen molar-refractivity contribution in [2.45, 2.75) is 31.1 Å². The van der Waals surface area contributed by atoms with E-state index in [1.165, 1.54) is 12.1 Å². The smallest absolute Gasteiger partial charge is 0.318 e. The Morgan fingerprint density at radius 3 is 2.61 bits per heavy atom. The lowest BCUT2D eigenvalue weighted by atomic mass is 10.0. The van der Waals surface area contributed by atoms with E-state index in [2.05, 4.69) is 5.32 Å². The van der Waals surface area contributed by atoms with Gasteiger partial charge in [0, 0.05) is 13.0 Å². The van der Waals surface area contributed by atoms with Crippen molar-refractivity contribution >= 4 is 6.03 Å². The van der Waals surface area contributed by atoms with Gasteiger partial charge in [-0.3, -0.25) is 0 Å². The van der Waals surface area contributed by atoms with Crippen molar-refractivity contribution in [3.05, 3.63) is 35.6 Å². The fraction of sp³-hybridized carbons (Fsp3) is 0.588. The number of amides is 2. The molecule has 1 N–H and O–H groups in total. The van der Waals surface area contributed by atoms with E-state index in [9.17, 15) is 9.18 Å². The van der Waals surface area contributed by atoms with Crippen LogP contribution in [0.5, 0.6) is 0 Å². The molecule has 5 nitrogen and oxygen atoms in total. The van der Waals surface area contributed by atoms with Gasteiger partial charge in [0.2, 0.25) is 0 Å². The Bertz CT molecular complexity index is 582. The summed E-state index contributed by atoms with van der Waals surface area (Å²) in [5.74, 6) is -0.408. The molecule has 1 aromatic carbocycles. The molecule has 4 rings (SSSR count). The second kappa shape index (κ2) is 5.76. The highest BCUT2D eigenvalue weighted by Crippen LogP contribution is 2.41. The number of carbonyl (C=O) groups is 1. The summed E-state index contributed by atoms with van der Waals surface area (Å²) < 4.78 is 24.4. The SMILES string of the molecule is O=C(N[C@@H](c1ccc(F)cc1)C1CC1)N1CCC2(C1)OCCO2. The molecule has 0 unspecified atom stereocenters. The maximum atomic E-state index is 13.1. The van der Waals surface area contributed by atoms with E-state index in [0.717, 1.165) is 18.4 Å². The Balaban J connectivity index is 1.43. The van der Waals surface area contributed by atoms with E-state index in [4.69, 9.17) is 9.47 Å². The van der Waals surface area contributed by atoms with Gasteiger partial charge in [0.05, 0.1) is 25.8 Å². The van der Waals surface area contributed by atoms with Gasteiger partial charge in [-0.25, -0.2) is 9.18 Å². The summed E-state index contributed by atoms with van der Waals surface area (Å²) in [6, 6.07) is 6.26. The molecule has 124 valence electrons. The molecule has 0 bridgehead atoms. The lowest BCUT2D eigenvalue weighted by molar-refractivity contribution is -0.143. The minimum absolute atomic E-state index is 0.0509. The van der Waals surface area contributed by atoms with Gasteiger partial charge in [-0.05, 0) is 36.5 Å². The van der Waals surface area contributed by atoms with Crippen molar-refractivity contribution in [1.82, 2.24) is 10.2 Å². The number of benzene rings is 1. The average molecular weight is 320 g/mol. The van der Waals surface area contributed by atoms with Crippen molar-refractivity contribution in [2.75, 3.05) is 26.3 Å². The highest BCUT2D eigenvalue weighted by molar-refractivity contribution is 5.75. The number of nitrogens with one attached hydrogen (secondary N) is 1. The first-order valence-electron chi connectivity index (χ1n) is 8.24. The average Bonchev–Trinajstić information content (AvgIpc) is 3.16. The number of carbonyl (C=O) groups excluding carboxylic acids is 1. The van der Waals surface area contributed by atoms with Gasteiger partial charge in [0.15, 0.2) is 5.79 Å². The van der Waals surface area contributed by atoms with Gasteiger partial charge >= 0.3 is 6.03 Å². The zero-order valence-electron chi connectivity index (χ0n) is 13.0. The standard InChI is InChI=1S/C17H21FN2O3/c18-14-5-3-13(4-6-14)15(12-1-2-12)19-16(21)20-8-7-17(11-20)22-9-10-23-17/h3-6,12,15H,1-2,7-11H2,(H,19,21)/t15-/m1/s1. The zero-order valence-corrected chi connectivity index (χ0v) is 13.0. The van der Waals surface area contributed by atoms with Crippen LogP contribution in [-0.4, -0.2) is 43.0 Å². The molecule has 2 amide bonds. The van der Waals surface area contributed by atoms with Gasteiger partial charge in [-0.1, -0.05) is 12.1 Å². The second-order valence-corrected chi connectivity index (χ2v) is 6.60. The van der Waals surface area contributed by atoms with E-state index >= 15 is 0 Å². The van der Waals surface area contributed by atoms with Crippen molar-refractivity contribution in [3.8, 4) is 0 Å². The number of urea groups is 1. The lowest BCUT2D eigenvalue weighted by Crippen LogP contribution is -2.43. The molecule has 3 aliphatic rings. The first-order chi connectivity index (χ1) is 11.2. The predicted octanol–water partition coefficient (Wildman–Crippen LogP) is 2.44. The number of hydrogen-bond donors (Lipinski definition) is 1. The first-order valence-corrected chi connectivity index (χ1v) is 8.24. The topological polar surface area (TPSA) is 50.8 Å². The molecular weight excluding hydrogens is 299 g/mol. The molecule has 6 heteroatoms. The van der Waals surface area contributed by atoms with Crippen LogP contribution in [0.25, 0.3) is 0 Å². The van der Waals surface area contributed by atoms with Crippen LogP contribution in [0.4, 0.5) is 9.18 Å². The maximum absolute atomic E-state index is 13.1. The Morgan fingerprint density at radius 2 is 1.96 bits per heavy atom. The lowest BCUT2D eigenvalue weighted by Gasteiger charge is -2.25. The summed E-state index contributed by atoms with van der Waals surface area (Å²) in [6.45, 7) is 2.29. The minimum Gasteiger partial charge on any atom is -0.346 e. The summed E-state index contributed by atoms with van der Waals surface area (Å²) >= 11 is 0. The molecule has 0 aromatic heterocycles. The van der Waals surface area contributed by atoms with Crippen LogP contribution >= 0.6 is 0 Å². The normalized spacial score (nSPS) is 24.1. The van der Waals surface area contributed by atoms with Crippen LogP contribution in [0.2, 0.25) is 0 Å². The first kappa shape index (κ1) is 14.9. The summed E-state index contributed by atoms with van der Waals surface area (Å²) in [5.41, 5.74) is 0.963. The van der Waals surface area contributed by atoms with Crippen molar-refractivity contribution < 1.29 is 18.7 Å². The van der Waals surface area contributed by atoms with Crippen LogP contribution in [0.15, 0.2) is 24.3 Å². The molecule has 1 saturated carbocycles. The van der Waals surface area contributed by atoms with Crippen molar-refractivity contribution in [3.63, 3.8) is 0 Å². The van der Waals surface area contributed by atoms with Crippen LogP contribution in [0.3, 0.4) is 0 Å². The number of likely N-dealkylation sites (tertiary alicyclic amines) is 1. The summed E-state index contributed by atoms with van der Waals surface area (Å²) in [7, 11) is 0. The van der Waals surface area contributed by atoms with E-state index in [0.29, 0.717) is 38.6 Å². The number of ether oxygens (including phenoxy) is 2. The fourth-order valence-electron chi connectivity index (χ4n) is 3.46. The highest BCUT2D eigenvalue weighted by atomic mass is 19.1. The molecule has 0 radical (unpaired) electrons. The largest absolute Gasteiger partial charge is 0.346 e. The molecule has 1 aliphatic carbocycles. The maximum Gasteiger partial charge on any atom is 0.318 e. The molecule has 1 spiro atoms. The zero-order chi connectivity index (χ0) is 15.9. The van der Waals surface area contributed by atoms with Gasteiger partial charge in [0.25, 0.3) is 0 Å². The third-order valence-corrected chi connectivity index (χ3v) is 4.90.